The fourth-order valence-electron chi connectivity index (χ4n) is 2.65. The first-order valence-corrected chi connectivity index (χ1v) is 10.9. The van der Waals surface area contributed by atoms with Crippen LogP contribution in [0.3, 0.4) is 0 Å². The molecule has 0 atom stereocenters. The molecule has 0 radical (unpaired) electrons. The third-order valence-electron chi connectivity index (χ3n) is 4.11. The van der Waals surface area contributed by atoms with Crippen molar-refractivity contribution >= 4 is 27.3 Å². The molecule has 8 heteroatoms. The van der Waals surface area contributed by atoms with Crippen LogP contribution in [0.15, 0.2) is 28.5 Å². The van der Waals surface area contributed by atoms with Crippen LogP contribution in [0.2, 0.25) is 0 Å². The zero-order valence-corrected chi connectivity index (χ0v) is 17.2. The van der Waals surface area contributed by atoms with Gasteiger partial charge in [0.1, 0.15) is 0 Å². The number of nitrogens with one attached hydrogen (secondary N) is 1. The van der Waals surface area contributed by atoms with Gasteiger partial charge < -0.3 is 5.32 Å². The van der Waals surface area contributed by atoms with Crippen molar-refractivity contribution in [3.63, 3.8) is 0 Å². The summed E-state index contributed by atoms with van der Waals surface area (Å²) in [6.07, 6.45) is 0.645. The van der Waals surface area contributed by atoms with Gasteiger partial charge >= 0.3 is 0 Å². The maximum absolute atomic E-state index is 12.8. The summed E-state index contributed by atoms with van der Waals surface area (Å²) in [7, 11) is -3.60. The van der Waals surface area contributed by atoms with Gasteiger partial charge in [0.05, 0.1) is 15.6 Å². The van der Waals surface area contributed by atoms with Crippen LogP contribution in [0.1, 0.15) is 40.5 Å². The average Bonchev–Trinajstić information content (AvgIpc) is 3.01. The van der Waals surface area contributed by atoms with E-state index in [1.54, 1.807) is 44.2 Å². The Morgan fingerprint density at radius 3 is 2.50 bits per heavy atom. The molecule has 2 rings (SSSR count). The SMILES string of the molecule is CCN(CC)S(=O)(=O)c1cc(C(=O)NCCc2csc(C)n2)ccc1C. The molecular weight excluding hydrogens is 370 g/mol. The van der Waals surface area contributed by atoms with Crippen LogP contribution >= 0.6 is 11.3 Å². The van der Waals surface area contributed by atoms with E-state index >= 15 is 0 Å². The molecule has 0 saturated carbocycles. The normalized spacial score (nSPS) is 11.7. The molecule has 26 heavy (non-hydrogen) atoms. The van der Waals surface area contributed by atoms with Gasteiger partial charge in [0.25, 0.3) is 5.91 Å². The van der Waals surface area contributed by atoms with Gasteiger partial charge in [0, 0.05) is 37.0 Å². The monoisotopic (exact) mass is 395 g/mol. The summed E-state index contributed by atoms with van der Waals surface area (Å²) < 4.78 is 26.9. The van der Waals surface area contributed by atoms with Crippen molar-refractivity contribution in [3.05, 3.63) is 45.4 Å². The first-order valence-electron chi connectivity index (χ1n) is 8.59. The van der Waals surface area contributed by atoms with Crippen molar-refractivity contribution in [1.29, 1.82) is 0 Å². The minimum Gasteiger partial charge on any atom is -0.352 e. The van der Waals surface area contributed by atoms with Gasteiger partial charge in [-0.15, -0.1) is 11.3 Å². The quantitative estimate of drug-likeness (QED) is 0.745. The molecule has 0 unspecified atom stereocenters. The number of carbonyl (C=O) groups excluding carboxylic acids is 1. The van der Waals surface area contributed by atoms with E-state index in [-0.39, 0.29) is 10.8 Å². The molecule has 0 bridgehead atoms. The number of benzene rings is 1. The van der Waals surface area contributed by atoms with Crippen LogP contribution in [0, 0.1) is 13.8 Å². The third-order valence-corrected chi connectivity index (χ3v) is 7.12. The highest BCUT2D eigenvalue weighted by Gasteiger charge is 2.24. The van der Waals surface area contributed by atoms with Crippen molar-refractivity contribution in [2.45, 2.75) is 39.0 Å². The molecule has 0 aliphatic heterocycles. The fourth-order valence-corrected chi connectivity index (χ4v) is 5.01. The zero-order valence-electron chi connectivity index (χ0n) is 15.6. The number of rotatable bonds is 8. The number of carbonyl (C=O) groups is 1. The standard InChI is InChI=1S/C18H25N3O3S2/c1-5-21(6-2)26(23,24)17-11-15(8-7-13(17)3)18(22)19-10-9-16-12-25-14(4)20-16/h7-8,11-12H,5-6,9-10H2,1-4H3,(H,19,22). The highest BCUT2D eigenvalue weighted by molar-refractivity contribution is 7.89. The van der Waals surface area contributed by atoms with Crippen LogP contribution in [-0.4, -0.2) is 43.2 Å². The summed E-state index contributed by atoms with van der Waals surface area (Å²) in [5.41, 5.74) is 1.92. The van der Waals surface area contributed by atoms with Gasteiger partial charge in [-0.25, -0.2) is 13.4 Å². The molecule has 1 aromatic carbocycles. The minimum atomic E-state index is -3.60. The summed E-state index contributed by atoms with van der Waals surface area (Å²) in [6.45, 7) is 8.51. The van der Waals surface area contributed by atoms with Gasteiger partial charge in [0.15, 0.2) is 0 Å². The topological polar surface area (TPSA) is 79.4 Å². The Balaban J connectivity index is 2.13. The number of aromatic nitrogens is 1. The number of nitrogens with zero attached hydrogens (tertiary/aromatic N) is 2. The fraction of sp³-hybridized carbons (Fsp3) is 0.444. The lowest BCUT2D eigenvalue weighted by molar-refractivity contribution is 0.0954. The Morgan fingerprint density at radius 1 is 1.23 bits per heavy atom. The second-order valence-corrected chi connectivity index (χ2v) is 8.90. The third kappa shape index (κ3) is 4.69. The summed E-state index contributed by atoms with van der Waals surface area (Å²) in [4.78, 5) is 16.9. The molecule has 0 fully saturated rings. The lowest BCUT2D eigenvalue weighted by Crippen LogP contribution is -2.31. The highest BCUT2D eigenvalue weighted by atomic mass is 32.2. The Bertz CT molecular complexity index is 872. The summed E-state index contributed by atoms with van der Waals surface area (Å²) in [5.74, 6) is -0.284. The molecule has 0 saturated heterocycles. The predicted molar refractivity (Wildman–Crippen MR) is 104 cm³/mol. The smallest absolute Gasteiger partial charge is 0.251 e. The van der Waals surface area contributed by atoms with Crippen molar-refractivity contribution in [2.24, 2.45) is 0 Å². The number of amides is 1. The Labute approximate surface area is 159 Å². The molecule has 1 heterocycles. The van der Waals surface area contributed by atoms with Gasteiger partial charge in [-0.05, 0) is 31.5 Å². The molecule has 0 aliphatic carbocycles. The number of aryl methyl sites for hydroxylation is 2. The highest BCUT2D eigenvalue weighted by Crippen LogP contribution is 2.21. The molecular formula is C18H25N3O3S2. The van der Waals surface area contributed by atoms with Crippen molar-refractivity contribution in [2.75, 3.05) is 19.6 Å². The van der Waals surface area contributed by atoms with Crippen LogP contribution < -0.4 is 5.32 Å². The largest absolute Gasteiger partial charge is 0.352 e. The van der Waals surface area contributed by atoms with Crippen LogP contribution in [0.4, 0.5) is 0 Å². The molecule has 142 valence electrons. The zero-order chi connectivity index (χ0) is 19.3. The Kier molecular flexibility index (Phi) is 6.91. The molecule has 6 nitrogen and oxygen atoms in total. The first kappa shape index (κ1) is 20.5. The number of thiazole rings is 1. The first-order chi connectivity index (χ1) is 12.3. The van der Waals surface area contributed by atoms with E-state index in [0.29, 0.717) is 37.2 Å². The minimum absolute atomic E-state index is 0.184. The lowest BCUT2D eigenvalue weighted by Gasteiger charge is -2.20. The van der Waals surface area contributed by atoms with Crippen molar-refractivity contribution in [1.82, 2.24) is 14.6 Å². The maximum atomic E-state index is 12.8. The van der Waals surface area contributed by atoms with E-state index in [4.69, 9.17) is 0 Å². The van der Waals surface area contributed by atoms with Crippen molar-refractivity contribution in [3.8, 4) is 0 Å². The second-order valence-electron chi connectivity index (χ2n) is 5.93. The van der Waals surface area contributed by atoms with E-state index in [1.807, 2.05) is 12.3 Å². The number of hydrogen-bond acceptors (Lipinski definition) is 5. The molecule has 1 amide bonds. The van der Waals surface area contributed by atoms with Gasteiger partial charge in [-0.2, -0.15) is 4.31 Å². The van der Waals surface area contributed by atoms with E-state index in [2.05, 4.69) is 10.3 Å². The van der Waals surface area contributed by atoms with Crippen LogP contribution in [0.25, 0.3) is 0 Å². The Hall–Kier alpha value is -1.77. The second kappa shape index (κ2) is 8.75. The van der Waals surface area contributed by atoms with E-state index in [0.717, 1.165) is 10.7 Å². The predicted octanol–water partition coefficient (Wildman–Crippen LogP) is 2.76. The van der Waals surface area contributed by atoms with E-state index < -0.39 is 10.0 Å². The van der Waals surface area contributed by atoms with Gasteiger partial charge in [-0.3, -0.25) is 4.79 Å². The number of hydrogen-bond donors (Lipinski definition) is 1. The van der Waals surface area contributed by atoms with Crippen LogP contribution in [0.5, 0.6) is 0 Å². The summed E-state index contributed by atoms with van der Waals surface area (Å²) in [5, 5.41) is 5.80. The van der Waals surface area contributed by atoms with Gasteiger partial charge in [0.2, 0.25) is 10.0 Å². The summed E-state index contributed by atoms with van der Waals surface area (Å²) in [6, 6.07) is 4.79. The molecule has 0 spiro atoms. The average molecular weight is 396 g/mol. The summed E-state index contributed by atoms with van der Waals surface area (Å²) >= 11 is 1.58. The number of sulfonamides is 1. The Morgan fingerprint density at radius 2 is 1.92 bits per heavy atom. The molecule has 2 aromatic rings. The van der Waals surface area contributed by atoms with Crippen molar-refractivity contribution < 1.29 is 13.2 Å². The molecule has 1 aromatic heterocycles. The molecule has 1 N–H and O–H groups in total. The van der Waals surface area contributed by atoms with Gasteiger partial charge in [-0.1, -0.05) is 19.9 Å². The maximum Gasteiger partial charge on any atom is 0.251 e. The van der Waals surface area contributed by atoms with E-state index in [1.165, 1.54) is 10.4 Å². The lowest BCUT2D eigenvalue weighted by atomic mass is 10.1. The van der Waals surface area contributed by atoms with Crippen LogP contribution in [-0.2, 0) is 16.4 Å². The van der Waals surface area contributed by atoms with E-state index in [9.17, 15) is 13.2 Å². The molecule has 0 aliphatic rings.